The first-order valence-corrected chi connectivity index (χ1v) is 4.77. The second-order valence-electron chi connectivity index (χ2n) is 3.37. The minimum absolute atomic E-state index is 0. The maximum atomic E-state index is 10.6. The Morgan fingerprint density at radius 1 is 1.29 bits per heavy atom. The molecule has 0 aromatic heterocycles. The first kappa shape index (κ1) is 15.5. The summed E-state index contributed by atoms with van der Waals surface area (Å²) in [5.74, 6) is 0.209. The van der Waals surface area contributed by atoms with Crippen LogP contribution in [0.5, 0.6) is 11.5 Å². The van der Waals surface area contributed by atoms with Crippen LogP contribution in [0.2, 0.25) is 0 Å². The lowest BCUT2D eigenvalue weighted by Crippen LogP contribution is -2.32. The highest BCUT2D eigenvalue weighted by Crippen LogP contribution is 2.23. The van der Waals surface area contributed by atoms with Crippen molar-refractivity contribution in [3.05, 3.63) is 23.8 Å². The predicted octanol–water partition coefficient (Wildman–Crippen LogP) is 1.08. The summed E-state index contributed by atoms with van der Waals surface area (Å²) < 4.78 is 10.1. The van der Waals surface area contributed by atoms with Gasteiger partial charge < -0.3 is 20.3 Å². The maximum absolute atomic E-state index is 10.6. The first-order chi connectivity index (χ1) is 7.56. The van der Waals surface area contributed by atoms with Gasteiger partial charge in [0, 0.05) is 6.07 Å². The fourth-order valence-corrected chi connectivity index (χ4v) is 1.33. The van der Waals surface area contributed by atoms with E-state index in [1.165, 1.54) is 14.2 Å². The van der Waals surface area contributed by atoms with Gasteiger partial charge in [-0.15, -0.1) is 12.4 Å². The molecule has 6 heteroatoms. The zero-order valence-corrected chi connectivity index (χ0v) is 10.5. The Kier molecular flexibility index (Phi) is 6.38. The second-order valence-corrected chi connectivity index (χ2v) is 3.37. The summed E-state index contributed by atoms with van der Waals surface area (Å²) in [6, 6.07) is 4.28. The second kappa shape index (κ2) is 6.98. The summed E-state index contributed by atoms with van der Waals surface area (Å²) >= 11 is 0. The minimum atomic E-state index is -1.03. The van der Waals surface area contributed by atoms with Crippen molar-refractivity contribution in [2.24, 2.45) is 5.73 Å². The molecule has 0 saturated carbocycles. The molecular formula is C11H16ClNO4. The van der Waals surface area contributed by atoms with E-state index in [1.54, 1.807) is 18.2 Å². The number of halogens is 1. The first-order valence-electron chi connectivity index (χ1n) is 4.77. The Balaban J connectivity index is 0.00000256. The van der Waals surface area contributed by atoms with Crippen molar-refractivity contribution in [1.29, 1.82) is 0 Å². The molecule has 0 aliphatic carbocycles. The molecular weight excluding hydrogens is 246 g/mol. The van der Waals surface area contributed by atoms with Gasteiger partial charge in [-0.1, -0.05) is 0 Å². The third-order valence-corrected chi connectivity index (χ3v) is 2.18. The van der Waals surface area contributed by atoms with E-state index in [0.717, 1.165) is 5.56 Å². The average Bonchev–Trinajstić information content (AvgIpc) is 2.28. The Morgan fingerprint density at radius 2 is 1.76 bits per heavy atom. The van der Waals surface area contributed by atoms with Gasteiger partial charge in [0.05, 0.1) is 14.2 Å². The smallest absolute Gasteiger partial charge is 0.320 e. The van der Waals surface area contributed by atoms with E-state index in [0.29, 0.717) is 11.5 Å². The summed E-state index contributed by atoms with van der Waals surface area (Å²) in [6.45, 7) is 0. The van der Waals surface area contributed by atoms with Gasteiger partial charge in [0.25, 0.3) is 0 Å². The van der Waals surface area contributed by atoms with Gasteiger partial charge in [-0.2, -0.15) is 0 Å². The van der Waals surface area contributed by atoms with Crippen molar-refractivity contribution in [2.75, 3.05) is 14.2 Å². The molecule has 3 N–H and O–H groups in total. The Morgan fingerprint density at radius 3 is 2.12 bits per heavy atom. The van der Waals surface area contributed by atoms with Crippen molar-refractivity contribution in [3.8, 4) is 11.5 Å². The Hall–Kier alpha value is -1.46. The van der Waals surface area contributed by atoms with Crippen LogP contribution in [0, 0.1) is 0 Å². The van der Waals surface area contributed by atoms with Gasteiger partial charge in [0.2, 0.25) is 0 Å². The lowest BCUT2D eigenvalue weighted by Gasteiger charge is -2.10. The summed E-state index contributed by atoms with van der Waals surface area (Å²) in [6.07, 6.45) is 0.239. The Bertz CT molecular complexity index is 361. The van der Waals surface area contributed by atoms with Crippen LogP contribution in [0.25, 0.3) is 0 Å². The summed E-state index contributed by atoms with van der Waals surface area (Å²) in [7, 11) is 3.07. The van der Waals surface area contributed by atoms with Gasteiger partial charge >= 0.3 is 5.97 Å². The summed E-state index contributed by atoms with van der Waals surface area (Å²) in [5, 5.41) is 8.71. The summed E-state index contributed by atoms with van der Waals surface area (Å²) in [4.78, 5) is 10.6. The van der Waals surface area contributed by atoms with Crippen molar-refractivity contribution in [3.63, 3.8) is 0 Å². The molecule has 0 amide bonds. The standard InChI is InChI=1S/C11H15NO4.ClH/c1-15-8-3-7(4-9(6-8)16-2)5-10(12)11(13)14;/h3-4,6,10H,5,12H2,1-2H3,(H,13,14);1H/t10-;/m0./s1. The van der Waals surface area contributed by atoms with Crippen LogP contribution >= 0.6 is 12.4 Å². The molecule has 0 heterocycles. The molecule has 96 valence electrons. The summed E-state index contributed by atoms with van der Waals surface area (Å²) in [5.41, 5.74) is 6.22. The van der Waals surface area contributed by atoms with Crippen LogP contribution < -0.4 is 15.2 Å². The van der Waals surface area contributed by atoms with Crippen molar-refractivity contribution in [2.45, 2.75) is 12.5 Å². The van der Waals surface area contributed by atoms with Crippen molar-refractivity contribution in [1.82, 2.24) is 0 Å². The number of carbonyl (C=O) groups is 1. The van der Waals surface area contributed by atoms with E-state index in [4.69, 9.17) is 20.3 Å². The highest BCUT2D eigenvalue weighted by molar-refractivity contribution is 5.85. The fourth-order valence-electron chi connectivity index (χ4n) is 1.33. The van der Waals surface area contributed by atoms with Gasteiger partial charge in [-0.25, -0.2) is 0 Å². The third kappa shape index (κ3) is 4.50. The molecule has 1 atom stereocenters. The number of aliphatic carboxylic acids is 1. The molecule has 0 saturated heterocycles. The molecule has 0 aliphatic heterocycles. The fraction of sp³-hybridized carbons (Fsp3) is 0.364. The van der Waals surface area contributed by atoms with Crippen LogP contribution in [0.1, 0.15) is 5.56 Å². The molecule has 5 nitrogen and oxygen atoms in total. The highest BCUT2D eigenvalue weighted by Gasteiger charge is 2.13. The van der Waals surface area contributed by atoms with Crippen LogP contribution in [-0.4, -0.2) is 31.3 Å². The van der Waals surface area contributed by atoms with E-state index in [1.807, 2.05) is 0 Å². The van der Waals surface area contributed by atoms with Gasteiger partial charge in [0.15, 0.2) is 0 Å². The van der Waals surface area contributed by atoms with Crippen LogP contribution in [0.15, 0.2) is 18.2 Å². The quantitative estimate of drug-likeness (QED) is 0.829. The number of ether oxygens (including phenoxy) is 2. The predicted molar refractivity (Wildman–Crippen MR) is 66.1 cm³/mol. The van der Waals surface area contributed by atoms with Gasteiger partial charge in [-0.05, 0) is 24.1 Å². The highest BCUT2D eigenvalue weighted by atomic mass is 35.5. The van der Waals surface area contributed by atoms with Crippen molar-refractivity contribution >= 4 is 18.4 Å². The average molecular weight is 262 g/mol. The number of carboxylic acids is 1. The van der Waals surface area contributed by atoms with Gasteiger partial charge in [0.1, 0.15) is 17.5 Å². The largest absolute Gasteiger partial charge is 0.497 e. The lowest BCUT2D eigenvalue weighted by molar-refractivity contribution is -0.138. The molecule has 0 fully saturated rings. The molecule has 0 aliphatic rings. The minimum Gasteiger partial charge on any atom is -0.497 e. The number of rotatable bonds is 5. The van der Waals surface area contributed by atoms with E-state index < -0.39 is 12.0 Å². The van der Waals surface area contributed by atoms with E-state index in [-0.39, 0.29) is 18.8 Å². The molecule has 1 rings (SSSR count). The molecule has 0 unspecified atom stereocenters. The topological polar surface area (TPSA) is 81.8 Å². The number of benzene rings is 1. The lowest BCUT2D eigenvalue weighted by atomic mass is 10.1. The number of hydrogen-bond donors (Lipinski definition) is 2. The molecule has 0 spiro atoms. The number of carboxylic acid groups (broad SMARTS) is 1. The molecule has 0 bridgehead atoms. The molecule has 17 heavy (non-hydrogen) atoms. The number of hydrogen-bond acceptors (Lipinski definition) is 4. The van der Waals surface area contributed by atoms with E-state index in [9.17, 15) is 4.79 Å². The normalized spacial score (nSPS) is 11.2. The van der Waals surface area contributed by atoms with Crippen molar-refractivity contribution < 1.29 is 19.4 Å². The SMILES string of the molecule is COc1cc(C[C@H](N)C(=O)O)cc(OC)c1.Cl. The van der Waals surface area contributed by atoms with Crippen LogP contribution in [-0.2, 0) is 11.2 Å². The molecule has 1 aromatic rings. The van der Waals surface area contributed by atoms with Gasteiger partial charge in [-0.3, -0.25) is 4.79 Å². The number of nitrogens with two attached hydrogens (primary N) is 1. The molecule has 0 radical (unpaired) electrons. The Labute approximate surface area is 106 Å². The van der Waals surface area contributed by atoms with Crippen LogP contribution in [0.3, 0.4) is 0 Å². The van der Waals surface area contributed by atoms with E-state index in [2.05, 4.69) is 0 Å². The zero-order valence-electron chi connectivity index (χ0n) is 9.67. The number of methoxy groups -OCH3 is 2. The molecule has 1 aromatic carbocycles. The third-order valence-electron chi connectivity index (χ3n) is 2.18. The van der Waals surface area contributed by atoms with E-state index >= 15 is 0 Å². The van der Waals surface area contributed by atoms with Crippen LogP contribution in [0.4, 0.5) is 0 Å². The monoisotopic (exact) mass is 261 g/mol. The maximum Gasteiger partial charge on any atom is 0.320 e. The zero-order chi connectivity index (χ0) is 12.1.